The molecule has 0 unspecified atom stereocenters. The van der Waals surface area contributed by atoms with Crippen LogP contribution in [0.25, 0.3) is 0 Å². The molecule has 5 amide bonds. The summed E-state index contributed by atoms with van der Waals surface area (Å²) in [6.45, 7) is 7.87. The van der Waals surface area contributed by atoms with Crippen molar-refractivity contribution in [1.82, 2.24) is 14.7 Å². The molecule has 0 aliphatic carbocycles. The highest BCUT2D eigenvalue weighted by Gasteiger charge is 2.58. The normalized spacial score (nSPS) is 18.8. The fraction of sp³-hybridized carbons (Fsp3) is 0.484. The Balaban J connectivity index is 1.17. The number of imide groups is 1. The van der Waals surface area contributed by atoms with Gasteiger partial charge in [-0.25, -0.2) is 14.4 Å². The highest BCUT2D eigenvalue weighted by atomic mass is 16.6. The zero-order chi connectivity index (χ0) is 30.1. The van der Waals surface area contributed by atoms with Crippen molar-refractivity contribution in [3.63, 3.8) is 0 Å². The van der Waals surface area contributed by atoms with Crippen LogP contribution < -0.4 is 9.64 Å². The Bertz CT molecular complexity index is 1310. The Morgan fingerprint density at radius 3 is 2.17 bits per heavy atom. The van der Waals surface area contributed by atoms with Crippen molar-refractivity contribution in [3.8, 4) is 5.75 Å². The minimum Gasteiger partial charge on any atom is -0.493 e. The lowest BCUT2D eigenvalue weighted by Gasteiger charge is -2.41. The van der Waals surface area contributed by atoms with Crippen LogP contribution in [0, 0.1) is 5.92 Å². The molecule has 0 bridgehead atoms. The number of nitrogens with zero attached hydrogens (tertiary/aromatic N) is 4. The first-order chi connectivity index (χ1) is 20.0. The monoisotopic (exact) mass is 578 g/mol. The van der Waals surface area contributed by atoms with E-state index in [4.69, 9.17) is 14.2 Å². The van der Waals surface area contributed by atoms with Crippen LogP contribution in [0.5, 0.6) is 5.75 Å². The van der Waals surface area contributed by atoms with Crippen molar-refractivity contribution in [1.29, 1.82) is 0 Å². The van der Waals surface area contributed by atoms with E-state index in [0.717, 1.165) is 10.5 Å². The second-order valence-electron chi connectivity index (χ2n) is 12.1. The van der Waals surface area contributed by atoms with Crippen molar-refractivity contribution in [3.05, 3.63) is 60.2 Å². The summed E-state index contributed by atoms with van der Waals surface area (Å²) in [6.07, 6.45) is -0.151. The van der Waals surface area contributed by atoms with Crippen LogP contribution in [0.3, 0.4) is 0 Å². The number of carbonyl (C=O) groups is 4. The molecule has 3 heterocycles. The highest BCUT2D eigenvalue weighted by molar-refractivity contribution is 6.16. The number of urea groups is 1. The molecule has 11 nitrogen and oxygen atoms in total. The quantitative estimate of drug-likeness (QED) is 0.465. The number of likely N-dealkylation sites (N-methyl/N-ethyl adjacent to an activating group) is 1. The maximum atomic E-state index is 13.4. The summed E-state index contributed by atoms with van der Waals surface area (Å²) < 4.78 is 16.8. The van der Waals surface area contributed by atoms with Gasteiger partial charge >= 0.3 is 18.2 Å². The molecule has 224 valence electrons. The average molecular weight is 579 g/mol. The summed E-state index contributed by atoms with van der Waals surface area (Å²) in [5.41, 5.74) is -0.112. The Hall–Kier alpha value is -4.28. The van der Waals surface area contributed by atoms with E-state index in [0.29, 0.717) is 57.1 Å². The molecule has 11 heteroatoms. The highest BCUT2D eigenvalue weighted by Crippen LogP contribution is 2.40. The fourth-order valence-electron chi connectivity index (χ4n) is 5.55. The number of anilines is 1. The summed E-state index contributed by atoms with van der Waals surface area (Å²) in [6, 6.07) is 16.1. The van der Waals surface area contributed by atoms with Crippen LogP contribution >= 0.6 is 0 Å². The standard InChI is InChI=1S/C31H38N4O7/c1-30(2,3)42-29(39)34-18-23(19-34)21-40-25-12-10-24(11-13-25)35-27(37)32(4)26(36)31(35)14-16-33(17-15-31)28(38)41-20-22-8-6-5-7-9-22/h5-13,23H,14-21H2,1-4H3. The molecule has 3 aliphatic heterocycles. The van der Waals surface area contributed by atoms with Gasteiger partial charge in [-0.15, -0.1) is 0 Å². The van der Waals surface area contributed by atoms with Gasteiger partial charge in [0, 0.05) is 44.8 Å². The van der Waals surface area contributed by atoms with E-state index in [2.05, 4.69) is 0 Å². The van der Waals surface area contributed by atoms with Gasteiger partial charge in [0.25, 0.3) is 5.91 Å². The van der Waals surface area contributed by atoms with E-state index in [1.807, 2.05) is 51.1 Å². The minimum absolute atomic E-state index is 0.171. The largest absolute Gasteiger partial charge is 0.493 e. The second kappa shape index (κ2) is 11.5. The third kappa shape index (κ3) is 6.00. The summed E-state index contributed by atoms with van der Waals surface area (Å²) in [7, 11) is 1.49. The van der Waals surface area contributed by atoms with Crippen LogP contribution in [0.15, 0.2) is 54.6 Å². The third-order valence-corrected chi connectivity index (χ3v) is 7.85. The molecule has 3 saturated heterocycles. The van der Waals surface area contributed by atoms with Crippen LogP contribution in [-0.2, 0) is 20.9 Å². The lowest BCUT2D eigenvalue weighted by atomic mass is 9.85. The van der Waals surface area contributed by atoms with Gasteiger partial charge in [0.2, 0.25) is 0 Å². The number of rotatable bonds is 6. The molecule has 0 saturated carbocycles. The lowest BCUT2D eigenvalue weighted by Crippen LogP contribution is -2.57. The van der Waals surface area contributed by atoms with E-state index in [1.54, 1.807) is 39.0 Å². The summed E-state index contributed by atoms with van der Waals surface area (Å²) in [5, 5.41) is 0. The van der Waals surface area contributed by atoms with Crippen LogP contribution in [-0.4, -0.2) is 89.8 Å². The SMILES string of the molecule is CN1C(=O)N(c2ccc(OCC3CN(C(=O)OC(C)(C)C)C3)cc2)C2(CCN(C(=O)OCc3ccccc3)CC2)C1=O. The van der Waals surface area contributed by atoms with Gasteiger partial charge in [0.1, 0.15) is 23.5 Å². The van der Waals surface area contributed by atoms with E-state index < -0.39 is 23.3 Å². The molecule has 0 radical (unpaired) electrons. The molecule has 3 fully saturated rings. The topological polar surface area (TPSA) is 109 Å². The van der Waals surface area contributed by atoms with Gasteiger partial charge in [0.15, 0.2) is 0 Å². The van der Waals surface area contributed by atoms with Gasteiger partial charge in [-0.05, 0) is 63.4 Å². The number of carbonyl (C=O) groups excluding carboxylic acids is 4. The average Bonchev–Trinajstić information content (AvgIpc) is 3.11. The van der Waals surface area contributed by atoms with Crippen molar-refractivity contribution in [2.75, 3.05) is 44.7 Å². The molecule has 42 heavy (non-hydrogen) atoms. The van der Waals surface area contributed by atoms with Gasteiger partial charge in [0.05, 0.1) is 6.61 Å². The van der Waals surface area contributed by atoms with Gasteiger partial charge in [-0.1, -0.05) is 30.3 Å². The molecular weight excluding hydrogens is 540 g/mol. The predicted octanol–water partition coefficient (Wildman–Crippen LogP) is 4.50. The zero-order valence-corrected chi connectivity index (χ0v) is 24.6. The summed E-state index contributed by atoms with van der Waals surface area (Å²) in [5.74, 6) is 0.562. The first kappa shape index (κ1) is 29.2. The smallest absolute Gasteiger partial charge is 0.410 e. The fourth-order valence-corrected chi connectivity index (χ4v) is 5.55. The predicted molar refractivity (Wildman–Crippen MR) is 154 cm³/mol. The number of hydrogen-bond donors (Lipinski definition) is 0. The van der Waals surface area contributed by atoms with E-state index in [-0.39, 0.29) is 24.5 Å². The van der Waals surface area contributed by atoms with Crippen molar-refractivity contribution >= 4 is 29.8 Å². The first-order valence-electron chi connectivity index (χ1n) is 14.3. The van der Waals surface area contributed by atoms with Gasteiger partial charge < -0.3 is 24.0 Å². The molecular formula is C31H38N4O7. The molecule has 2 aromatic rings. The van der Waals surface area contributed by atoms with Crippen LogP contribution in [0.4, 0.5) is 20.1 Å². The van der Waals surface area contributed by atoms with E-state index in [9.17, 15) is 19.2 Å². The van der Waals surface area contributed by atoms with Gasteiger partial charge in [-0.3, -0.25) is 14.6 Å². The first-order valence-corrected chi connectivity index (χ1v) is 14.3. The van der Waals surface area contributed by atoms with Crippen molar-refractivity contribution in [2.24, 2.45) is 5.92 Å². The molecule has 3 aliphatic rings. The zero-order valence-electron chi connectivity index (χ0n) is 24.6. The summed E-state index contributed by atoms with van der Waals surface area (Å²) >= 11 is 0. The number of likely N-dealkylation sites (tertiary alicyclic amines) is 2. The molecule has 0 atom stereocenters. The molecule has 0 aromatic heterocycles. The number of amides is 5. The minimum atomic E-state index is -1.07. The van der Waals surface area contributed by atoms with Crippen LogP contribution in [0.1, 0.15) is 39.2 Å². The Labute approximate surface area is 245 Å². The lowest BCUT2D eigenvalue weighted by molar-refractivity contribution is -0.131. The number of hydrogen-bond acceptors (Lipinski definition) is 7. The molecule has 1 spiro atoms. The molecule has 0 N–H and O–H groups in total. The summed E-state index contributed by atoms with van der Waals surface area (Å²) in [4.78, 5) is 57.4. The Morgan fingerprint density at radius 2 is 1.55 bits per heavy atom. The van der Waals surface area contributed by atoms with E-state index >= 15 is 0 Å². The van der Waals surface area contributed by atoms with Crippen LogP contribution in [0.2, 0.25) is 0 Å². The molecule has 2 aromatic carbocycles. The number of ether oxygens (including phenoxy) is 3. The third-order valence-electron chi connectivity index (χ3n) is 7.85. The maximum Gasteiger partial charge on any atom is 0.410 e. The maximum absolute atomic E-state index is 13.4. The van der Waals surface area contributed by atoms with E-state index in [1.165, 1.54) is 7.05 Å². The number of piperidine rings is 1. The Morgan fingerprint density at radius 1 is 0.905 bits per heavy atom. The second-order valence-corrected chi connectivity index (χ2v) is 12.1. The van der Waals surface area contributed by atoms with Crippen molar-refractivity contribution < 1.29 is 33.4 Å². The molecule has 5 rings (SSSR count). The van der Waals surface area contributed by atoms with Crippen molar-refractivity contribution in [2.45, 2.75) is 51.4 Å². The van der Waals surface area contributed by atoms with Gasteiger partial charge in [-0.2, -0.15) is 0 Å². The Kier molecular flexibility index (Phi) is 8.03. The number of benzene rings is 2.